The van der Waals surface area contributed by atoms with Gasteiger partial charge in [0.25, 0.3) is 0 Å². The van der Waals surface area contributed by atoms with E-state index in [2.05, 4.69) is 114 Å². The van der Waals surface area contributed by atoms with Crippen LogP contribution in [0.5, 0.6) is 0 Å². The summed E-state index contributed by atoms with van der Waals surface area (Å²) in [6, 6.07) is 54.6. The van der Waals surface area contributed by atoms with Crippen LogP contribution in [0.15, 0.2) is 168 Å². The predicted octanol–water partition coefficient (Wildman–Crippen LogP) is 12.5. The number of rotatable bonds is 5. The Labute approximate surface area is 292 Å². The zero-order valence-electron chi connectivity index (χ0n) is 26.7. The van der Waals surface area contributed by atoms with E-state index in [9.17, 15) is 0 Å². The smallest absolute Gasteiger partial charge is 0.164 e. The van der Waals surface area contributed by atoms with Gasteiger partial charge in [0.1, 0.15) is 11.2 Å². The van der Waals surface area contributed by atoms with Gasteiger partial charge in [0.15, 0.2) is 5.82 Å². The van der Waals surface area contributed by atoms with Crippen LogP contribution in [0.3, 0.4) is 0 Å². The van der Waals surface area contributed by atoms with Crippen molar-refractivity contribution in [2.24, 2.45) is 0 Å². The molecule has 4 nitrogen and oxygen atoms in total. The maximum Gasteiger partial charge on any atom is 0.164 e. The summed E-state index contributed by atoms with van der Waals surface area (Å²) >= 11 is 1.84. The summed E-state index contributed by atoms with van der Waals surface area (Å²) in [6.07, 6.45) is 1.82. The fourth-order valence-corrected chi connectivity index (χ4v) is 8.24. The van der Waals surface area contributed by atoms with Gasteiger partial charge in [0.05, 0.1) is 22.6 Å². The molecule has 50 heavy (non-hydrogen) atoms. The minimum absolute atomic E-state index is 0.617. The van der Waals surface area contributed by atoms with Crippen LogP contribution in [0.25, 0.3) is 98.4 Å². The summed E-state index contributed by atoms with van der Waals surface area (Å²) in [4.78, 5) is 14.9. The van der Waals surface area contributed by atoms with Gasteiger partial charge in [0.2, 0.25) is 0 Å². The van der Waals surface area contributed by atoms with E-state index in [-0.39, 0.29) is 0 Å². The fourth-order valence-electron chi connectivity index (χ4n) is 7.01. The van der Waals surface area contributed by atoms with Crippen molar-refractivity contribution in [1.29, 1.82) is 0 Å². The maximum atomic E-state index is 6.74. The SMILES string of the molecule is c1ccc(-c2cc(-c3ccc(-c4ccccn4)cc3)nc(-c3ccc(-c4cccc5c4sc4ccccc45)c4c3oc3ccccc34)n2)cc1. The van der Waals surface area contributed by atoms with E-state index in [1.807, 2.05) is 66.1 Å². The number of hydrogen-bond donors (Lipinski definition) is 0. The quantitative estimate of drug-likeness (QED) is 0.185. The average molecular weight is 658 g/mol. The van der Waals surface area contributed by atoms with Crippen LogP contribution < -0.4 is 0 Å². The highest BCUT2D eigenvalue weighted by Crippen LogP contribution is 2.46. The van der Waals surface area contributed by atoms with Crippen molar-refractivity contribution in [1.82, 2.24) is 15.0 Å². The molecule has 0 aliphatic heterocycles. The molecule has 0 saturated carbocycles. The first-order valence-corrected chi connectivity index (χ1v) is 17.4. The zero-order valence-corrected chi connectivity index (χ0v) is 27.6. The highest BCUT2D eigenvalue weighted by molar-refractivity contribution is 7.26. The van der Waals surface area contributed by atoms with Gasteiger partial charge in [-0.05, 0) is 42.0 Å². The highest BCUT2D eigenvalue weighted by atomic mass is 32.1. The van der Waals surface area contributed by atoms with Crippen LogP contribution in [0.2, 0.25) is 0 Å². The fraction of sp³-hybridized carbons (Fsp3) is 0. The van der Waals surface area contributed by atoms with Gasteiger partial charge >= 0.3 is 0 Å². The first-order chi connectivity index (χ1) is 24.8. The van der Waals surface area contributed by atoms with Crippen LogP contribution >= 0.6 is 11.3 Å². The van der Waals surface area contributed by atoms with E-state index >= 15 is 0 Å². The molecule has 10 rings (SSSR count). The number of fused-ring (bicyclic) bond motifs is 6. The number of para-hydroxylation sites is 1. The van der Waals surface area contributed by atoms with Crippen molar-refractivity contribution in [3.63, 3.8) is 0 Å². The summed E-state index contributed by atoms with van der Waals surface area (Å²) in [7, 11) is 0. The molecule has 4 heterocycles. The van der Waals surface area contributed by atoms with Gasteiger partial charge in [-0.1, -0.05) is 121 Å². The maximum absolute atomic E-state index is 6.74. The standard InChI is InChI=1S/C45H27N3OS/c1-2-11-28(12-3-1)38-27-39(30-22-20-29(21-23-30)37-17-8-9-26-46-37)48-45(47-38)36-25-24-32(42-35-14-4-6-18-40(35)49-43(36)42)34-16-10-15-33-31-13-5-7-19-41(31)50-44(33)34/h1-27H. The van der Waals surface area contributed by atoms with E-state index in [4.69, 9.17) is 14.4 Å². The second kappa shape index (κ2) is 11.6. The normalized spacial score (nSPS) is 11.6. The van der Waals surface area contributed by atoms with E-state index in [0.717, 1.165) is 66.8 Å². The minimum atomic E-state index is 0.617. The molecule has 234 valence electrons. The molecule has 0 spiro atoms. The third kappa shape index (κ3) is 4.71. The van der Waals surface area contributed by atoms with Crippen LogP contribution in [0.1, 0.15) is 0 Å². The molecule has 4 aromatic heterocycles. The average Bonchev–Trinajstić information content (AvgIpc) is 3.78. The Balaban J connectivity index is 1.20. The van der Waals surface area contributed by atoms with Crippen LogP contribution in [-0.4, -0.2) is 15.0 Å². The molecule has 0 aliphatic carbocycles. The third-order valence-corrected chi connectivity index (χ3v) is 10.6. The topological polar surface area (TPSA) is 51.8 Å². The lowest BCUT2D eigenvalue weighted by atomic mass is 9.95. The van der Waals surface area contributed by atoms with Gasteiger partial charge in [-0.2, -0.15) is 0 Å². The second-order valence-corrected chi connectivity index (χ2v) is 13.4. The molecule has 0 saturated heterocycles. The molecule has 0 amide bonds. The Kier molecular flexibility index (Phi) is 6.64. The first kappa shape index (κ1) is 28.6. The molecule has 0 fully saturated rings. The summed E-state index contributed by atoms with van der Waals surface area (Å²) in [5.74, 6) is 0.617. The number of benzene rings is 6. The second-order valence-electron chi connectivity index (χ2n) is 12.4. The van der Waals surface area contributed by atoms with Crippen LogP contribution in [0.4, 0.5) is 0 Å². The molecule has 0 bridgehead atoms. The lowest BCUT2D eigenvalue weighted by Gasteiger charge is -2.12. The lowest BCUT2D eigenvalue weighted by molar-refractivity contribution is 0.669. The molecule has 0 unspecified atom stereocenters. The Hall–Kier alpha value is -6.43. The van der Waals surface area contributed by atoms with E-state index in [1.54, 1.807) is 0 Å². The number of thiophene rings is 1. The van der Waals surface area contributed by atoms with Crippen LogP contribution in [-0.2, 0) is 0 Å². The van der Waals surface area contributed by atoms with Crippen molar-refractivity contribution in [2.45, 2.75) is 0 Å². The van der Waals surface area contributed by atoms with Gasteiger partial charge in [-0.25, -0.2) is 9.97 Å². The van der Waals surface area contributed by atoms with E-state index in [0.29, 0.717) is 5.82 Å². The number of furan rings is 1. The molecule has 0 aliphatic rings. The van der Waals surface area contributed by atoms with E-state index in [1.165, 1.54) is 25.7 Å². The molecule has 5 heteroatoms. The van der Waals surface area contributed by atoms with Crippen molar-refractivity contribution >= 4 is 53.4 Å². The van der Waals surface area contributed by atoms with E-state index < -0.39 is 0 Å². The third-order valence-electron chi connectivity index (χ3n) is 9.40. The number of nitrogens with zero attached hydrogens (tertiary/aromatic N) is 3. The monoisotopic (exact) mass is 657 g/mol. The van der Waals surface area contributed by atoms with Crippen LogP contribution in [0, 0.1) is 0 Å². The number of aromatic nitrogens is 3. The highest BCUT2D eigenvalue weighted by Gasteiger charge is 2.21. The molecule has 0 atom stereocenters. The Bertz CT molecular complexity index is 2860. The van der Waals surface area contributed by atoms with Gasteiger partial charge < -0.3 is 4.42 Å². The molecular formula is C45H27N3OS. The van der Waals surface area contributed by atoms with Crippen molar-refractivity contribution in [3.8, 4) is 56.3 Å². The molecule has 6 aromatic carbocycles. The summed E-state index contributed by atoms with van der Waals surface area (Å²) in [5, 5.41) is 4.69. The van der Waals surface area contributed by atoms with Crippen molar-refractivity contribution in [3.05, 3.63) is 164 Å². The zero-order chi connectivity index (χ0) is 33.0. The lowest BCUT2D eigenvalue weighted by Crippen LogP contribution is -1.96. The molecule has 10 aromatic rings. The molecule has 0 N–H and O–H groups in total. The Morgan fingerprint density at radius 3 is 1.92 bits per heavy atom. The number of pyridine rings is 1. The summed E-state index contributed by atoms with van der Waals surface area (Å²) in [5.41, 5.74) is 10.5. The summed E-state index contributed by atoms with van der Waals surface area (Å²) < 4.78 is 9.30. The summed E-state index contributed by atoms with van der Waals surface area (Å²) in [6.45, 7) is 0. The molecular weight excluding hydrogens is 631 g/mol. The predicted molar refractivity (Wildman–Crippen MR) is 207 cm³/mol. The Morgan fingerprint density at radius 2 is 1.12 bits per heavy atom. The molecule has 0 radical (unpaired) electrons. The van der Waals surface area contributed by atoms with Gasteiger partial charge in [-0.15, -0.1) is 11.3 Å². The van der Waals surface area contributed by atoms with Gasteiger partial charge in [-0.3, -0.25) is 4.98 Å². The van der Waals surface area contributed by atoms with Crippen molar-refractivity contribution in [2.75, 3.05) is 0 Å². The largest absolute Gasteiger partial charge is 0.455 e. The first-order valence-electron chi connectivity index (χ1n) is 16.6. The number of hydrogen-bond acceptors (Lipinski definition) is 5. The van der Waals surface area contributed by atoms with Gasteiger partial charge in [0, 0.05) is 59.4 Å². The Morgan fingerprint density at radius 1 is 0.460 bits per heavy atom. The minimum Gasteiger partial charge on any atom is -0.455 e. The van der Waals surface area contributed by atoms with Crippen molar-refractivity contribution < 1.29 is 4.42 Å².